The predicted molar refractivity (Wildman–Crippen MR) is 87.4 cm³/mol. The average Bonchev–Trinajstić information content (AvgIpc) is 3.18. The highest BCUT2D eigenvalue weighted by Gasteiger charge is 2.37. The van der Waals surface area contributed by atoms with Gasteiger partial charge in [0, 0.05) is 37.6 Å². The summed E-state index contributed by atoms with van der Waals surface area (Å²) in [5, 5.41) is 0.621. The molecule has 2 saturated heterocycles. The van der Waals surface area contributed by atoms with E-state index in [2.05, 4.69) is 11.8 Å². The van der Waals surface area contributed by atoms with Crippen LogP contribution in [0.25, 0.3) is 11.0 Å². The van der Waals surface area contributed by atoms with E-state index in [1.807, 2.05) is 4.90 Å². The Hall–Kier alpha value is -1.92. The fraction of sp³-hybridized carbons (Fsp3) is 0.500. The third-order valence-corrected chi connectivity index (χ3v) is 5.06. The number of furan rings is 1. The molecule has 0 spiro atoms. The Morgan fingerprint density at radius 2 is 2.00 bits per heavy atom. The number of morpholine rings is 1. The summed E-state index contributed by atoms with van der Waals surface area (Å²) in [5.74, 6) is 0.248. The summed E-state index contributed by atoms with van der Waals surface area (Å²) in [6, 6.07) is 6.28. The van der Waals surface area contributed by atoms with E-state index in [9.17, 15) is 9.18 Å². The lowest BCUT2D eigenvalue weighted by atomic mass is 10.0. The van der Waals surface area contributed by atoms with Gasteiger partial charge in [0.15, 0.2) is 5.76 Å². The van der Waals surface area contributed by atoms with Crippen molar-refractivity contribution in [3.8, 4) is 0 Å². The molecule has 5 nitrogen and oxygen atoms in total. The maximum Gasteiger partial charge on any atom is 0.289 e. The Morgan fingerprint density at radius 3 is 2.79 bits per heavy atom. The van der Waals surface area contributed by atoms with Crippen molar-refractivity contribution in [2.24, 2.45) is 5.92 Å². The number of hydrogen-bond acceptors (Lipinski definition) is 4. The van der Waals surface area contributed by atoms with Gasteiger partial charge >= 0.3 is 0 Å². The van der Waals surface area contributed by atoms with Crippen LogP contribution in [0.1, 0.15) is 17.5 Å². The number of amides is 1. The van der Waals surface area contributed by atoms with Crippen LogP contribution in [0, 0.1) is 11.7 Å². The summed E-state index contributed by atoms with van der Waals surface area (Å²) >= 11 is 0. The number of fused-ring (bicyclic) bond motifs is 1. The van der Waals surface area contributed by atoms with E-state index >= 15 is 0 Å². The van der Waals surface area contributed by atoms with Crippen LogP contribution >= 0.6 is 0 Å². The molecule has 0 unspecified atom stereocenters. The zero-order valence-corrected chi connectivity index (χ0v) is 13.7. The summed E-state index contributed by atoms with van der Waals surface area (Å²) in [4.78, 5) is 17.0. The van der Waals surface area contributed by atoms with Gasteiger partial charge in [0.1, 0.15) is 11.4 Å². The van der Waals surface area contributed by atoms with Gasteiger partial charge in [0.05, 0.1) is 13.2 Å². The molecule has 0 radical (unpaired) electrons. The quantitative estimate of drug-likeness (QED) is 0.847. The lowest BCUT2D eigenvalue weighted by Crippen LogP contribution is -2.47. The normalized spacial score (nSPS) is 25.5. The van der Waals surface area contributed by atoms with Crippen LogP contribution in [0.4, 0.5) is 4.39 Å². The number of carbonyl (C=O) groups excluding carboxylic acids is 1. The van der Waals surface area contributed by atoms with E-state index in [0.717, 1.165) is 26.3 Å². The molecule has 1 aromatic heterocycles. The summed E-state index contributed by atoms with van der Waals surface area (Å²) in [6.07, 6.45) is 0. The van der Waals surface area contributed by atoms with Crippen LogP contribution in [0.5, 0.6) is 0 Å². The number of halogens is 1. The molecule has 4 rings (SSSR count). The fourth-order valence-electron chi connectivity index (χ4n) is 3.78. The van der Waals surface area contributed by atoms with Crippen LogP contribution in [-0.4, -0.2) is 61.1 Å². The van der Waals surface area contributed by atoms with Crippen molar-refractivity contribution < 1.29 is 18.3 Å². The molecule has 24 heavy (non-hydrogen) atoms. The number of ether oxygens (including phenoxy) is 1. The molecular weight excluding hydrogens is 311 g/mol. The maximum atomic E-state index is 13.3. The van der Waals surface area contributed by atoms with E-state index in [1.165, 1.54) is 12.1 Å². The van der Waals surface area contributed by atoms with Crippen LogP contribution < -0.4 is 0 Å². The van der Waals surface area contributed by atoms with Gasteiger partial charge in [-0.2, -0.15) is 0 Å². The third-order valence-electron chi connectivity index (χ3n) is 5.06. The number of benzene rings is 1. The number of carbonyl (C=O) groups is 1. The van der Waals surface area contributed by atoms with Gasteiger partial charge in [-0.1, -0.05) is 6.92 Å². The van der Waals surface area contributed by atoms with Crippen molar-refractivity contribution in [2.45, 2.75) is 13.0 Å². The zero-order valence-electron chi connectivity index (χ0n) is 13.7. The molecule has 6 heteroatoms. The summed E-state index contributed by atoms with van der Waals surface area (Å²) in [5.41, 5.74) is 0.539. The molecule has 3 heterocycles. The second kappa shape index (κ2) is 6.18. The summed E-state index contributed by atoms with van der Waals surface area (Å²) < 4.78 is 24.3. The van der Waals surface area contributed by atoms with Crippen molar-refractivity contribution in [3.63, 3.8) is 0 Å². The molecule has 128 valence electrons. The average molecular weight is 332 g/mol. The smallest absolute Gasteiger partial charge is 0.289 e. The van der Waals surface area contributed by atoms with Crippen LogP contribution in [-0.2, 0) is 4.74 Å². The number of nitrogens with zero attached hydrogens (tertiary/aromatic N) is 2. The molecule has 1 aromatic carbocycles. The fourth-order valence-corrected chi connectivity index (χ4v) is 3.78. The first-order chi connectivity index (χ1) is 11.6. The SMILES string of the molecule is C[C@@H]1CN(C(=O)c2cc3cc(F)ccc3o2)C[C@H]1N1CCOCC1. The van der Waals surface area contributed by atoms with Gasteiger partial charge < -0.3 is 14.1 Å². The number of rotatable bonds is 2. The second-order valence-electron chi connectivity index (χ2n) is 6.70. The van der Waals surface area contributed by atoms with Gasteiger partial charge in [0.2, 0.25) is 0 Å². The monoisotopic (exact) mass is 332 g/mol. The molecule has 0 bridgehead atoms. The highest BCUT2D eigenvalue weighted by molar-refractivity contribution is 5.96. The Morgan fingerprint density at radius 1 is 1.21 bits per heavy atom. The van der Waals surface area contributed by atoms with E-state index in [-0.39, 0.29) is 17.5 Å². The summed E-state index contributed by atoms with van der Waals surface area (Å²) in [7, 11) is 0. The Balaban J connectivity index is 1.51. The van der Waals surface area contributed by atoms with Crippen molar-refractivity contribution in [2.75, 3.05) is 39.4 Å². The van der Waals surface area contributed by atoms with Gasteiger partial charge in [-0.3, -0.25) is 9.69 Å². The van der Waals surface area contributed by atoms with Gasteiger partial charge in [0.25, 0.3) is 5.91 Å². The molecule has 2 aromatic rings. The Kier molecular flexibility index (Phi) is 4.02. The van der Waals surface area contributed by atoms with E-state index in [1.54, 1.807) is 12.1 Å². The molecule has 0 N–H and O–H groups in total. The highest BCUT2D eigenvalue weighted by atomic mass is 19.1. The maximum absolute atomic E-state index is 13.3. The lowest BCUT2D eigenvalue weighted by molar-refractivity contribution is 0.0119. The van der Waals surface area contributed by atoms with Crippen molar-refractivity contribution in [1.29, 1.82) is 0 Å². The predicted octanol–water partition coefficient (Wildman–Crippen LogP) is 2.36. The van der Waals surface area contributed by atoms with Crippen molar-refractivity contribution in [3.05, 3.63) is 35.8 Å². The highest BCUT2D eigenvalue weighted by Crippen LogP contribution is 2.26. The van der Waals surface area contributed by atoms with Crippen LogP contribution in [0.2, 0.25) is 0 Å². The molecule has 0 aliphatic carbocycles. The Labute approximate surface area is 140 Å². The molecule has 0 saturated carbocycles. The van der Waals surface area contributed by atoms with Crippen molar-refractivity contribution >= 4 is 16.9 Å². The minimum Gasteiger partial charge on any atom is -0.451 e. The van der Waals surface area contributed by atoms with Gasteiger partial charge in [-0.05, 0) is 30.2 Å². The van der Waals surface area contributed by atoms with E-state index < -0.39 is 0 Å². The Bertz CT molecular complexity index is 754. The molecule has 1 amide bonds. The van der Waals surface area contributed by atoms with Gasteiger partial charge in [-0.25, -0.2) is 4.39 Å². The largest absolute Gasteiger partial charge is 0.451 e. The zero-order chi connectivity index (χ0) is 16.7. The lowest BCUT2D eigenvalue weighted by Gasteiger charge is -2.33. The molecule has 2 aliphatic rings. The standard InChI is InChI=1S/C18H21FN2O3/c1-12-10-21(11-15(12)20-4-6-23-7-5-20)18(22)17-9-13-8-14(19)2-3-16(13)24-17/h2-3,8-9,12,15H,4-7,10-11H2,1H3/t12-,15-/m1/s1. The minimum atomic E-state index is -0.329. The van der Waals surface area contributed by atoms with Crippen LogP contribution in [0.15, 0.2) is 28.7 Å². The first-order valence-corrected chi connectivity index (χ1v) is 8.42. The first-order valence-electron chi connectivity index (χ1n) is 8.42. The first kappa shape index (κ1) is 15.6. The third kappa shape index (κ3) is 2.80. The minimum absolute atomic E-state index is 0.116. The topological polar surface area (TPSA) is 45.9 Å². The molecule has 2 atom stereocenters. The van der Waals surface area contributed by atoms with E-state index in [4.69, 9.17) is 9.15 Å². The number of likely N-dealkylation sites (tertiary alicyclic amines) is 1. The second-order valence-corrected chi connectivity index (χ2v) is 6.70. The molecule has 2 aliphatic heterocycles. The molecule has 2 fully saturated rings. The van der Waals surface area contributed by atoms with E-state index in [0.29, 0.717) is 36.0 Å². The van der Waals surface area contributed by atoms with Crippen LogP contribution in [0.3, 0.4) is 0 Å². The number of hydrogen-bond donors (Lipinski definition) is 0. The summed E-state index contributed by atoms with van der Waals surface area (Å²) in [6.45, 7) is 6.94. The van der Waals surface area contributed by atoms with Crippen molar-refractivity contribution in [1.82, 2.24) is 9.80 Å². The van der Waals surface area contributed by atoms with Gasteiger partial charge in [-0.15, -0.1) is 0 Å². The molecular formula is C18H21FN2O3.